The lowest BCUT2D eigenvalue weighted by molar-refractivity contribution is -0.128. The molecule has 1 fully saturated rings. The number of aryl methyl sites for hydroxylation is 2. The van der Waals surface area contributed by atoms with E-state index in [9.17, 15) is 4.79 Å². The maximum absolute atomic E-state index is 12.5. The van der Waals surface area contributed by atoms with Gasteiger partial charge in [-0.25, -0.2) is 15.0 Å². The zero-order valence-corrected chi connectivity index (χ0v) is 16.4. The van der Waals surface area contributed by atoms with Crippen molar-refractivity contribution in [1.29, 1.82) is 0 Å². The molecule has 27 heavy (non-hydrogen) atoms. The number of rotatable bonds is 4. The van der Waals surface area contributed by atoms with Gasteiger partial charge in [-0.15, -0.1) is 0 Å². The lowest BCUT2D eigenvalue weighted by Crippen LogP contribution is -2.49. The number of nitrogens with zero attached hydrogens (tertiary/aromatic N) is 5. The van der Waals surface area contributed by atoms with E-state index in [-0.39, 0.29) is 5.91 Å². The molecule has 2 aromatic heterocycles. The number of anilines is 1. The highest BCUT2D eigenvalue weighted by Crippen LogP contribution is 2.21. The molecule has 144 valence electrons. The summed E-state index contributed by atoms with van der Waals surface area (Å²) in [5.74, 6) is 2.00. The van der Waals surface area contributed by atoms with Gasteiger partial charge in [0, 0.05) is 44.4 Å². The van der Waals surface area contributed by atoms with Crippen LogP contribution in [0.3, 0.4) is 0 Å². The van der Waals surface area contributed by atoms with Gasteiger partial charge in [0.25, 0.3) is 5.22 Å². The smallest absolute Gasteiger partial charge is 0.256 e. The number of hydrogen-bond acceptors (Lipinski definition) is 8. The first-order valence-electron chi connectivity index (χ1n) is 9.12. The van der Waals surface area contributed by atoms with Gasteiger partial charge in [-0.2, -0.15) is 0 Å². The van der Waals surface area contributed by atoms with Crippen LogP contribution < -0.4 is 4.90 Å². The Morgan fingerprint density at radius 1 is 1.22 bits per heavy atom. The largest absolute Gasteiger partial charge is 0.437 e. The van der Waals surface area contributed by atoms with Crippen LogP contribution in [0.5, 0.6) is 0 Å². The minimum absolute atomic E-state index is 0.108. The number of aromatic nitrogens is 3. The summed E-state index contributed by atoms with van der Waals surface area (Å²) in [6.07, 6.45) is 2.70. The average Bonchev–Trinajstić information content (AvgIpc) is 3.03. The third kappa shape index (κ3) is 4.08. The van der Waals surface area contributed by atoms with Gasteiger partial charge in [0.1, 0.15) is 5.76 Å². The number of amides is 1. The van der Waals surface area contributed by atoms with Gasteiger partial charge in [-0.05, 0) is 13.8 Å². The van der Waals surface area contributed by atoms with Crippen molar-refractivity contribution < 1.29 is 13.9 Å². The second-order valence-corrected chi connectivity index (χ2v) is 7.65. The number of carbonyl (C=O) groups is 1. The number of hydrogen-bond donors (Lipinski definition) is 0. The van der Waals surface area contributed by atoms with Crippen LogP contribution in [0.1, 0.15) is 22.7 Å². The fraction of sp³-hybridized carbons (Fsp3) is 0.556. The molecule has 1 amide bonds. The van der Waals surface area contributed by atoms with Gasteiger partial charge < -0.3 is 19.0 Å². The molecule has 2 aliphatic rings. The fourth-order valence-corrected chi connectivity index (χ4v) is 3.96. The van der Waals surface area contributed by atoms with E-state index in [0.29, 0.717) is 37.3 Å². The first-order chi connectivity index (χ1) is 13.1. The number of piperazine rings is 1. The molecule has 8 nitrogen and oxygen atoms in total. The summed E-state index contributed by atoms with van der Waals surface area (Å²) < 4.78 is 11.0. The molecule has 0 spiro atoms. The third-order valence-electron chi connectivity index (χ3n) is 4.93. The van der Waals surface area contributed by atoms with E-state index in [2.05, 4.69) is 14.9 Å². The van der Waals surface area contributed by atoms with Crippen molar-refractivity contribution in [1.82, 2.24) is 19.9 Å². The Labute approximate surface area is 162 Å². The highest BCUT2D eigenvalue weighted by atomic mass is 32.2. The molecule has 0 N–H and O–H groups in total. The van der Waals surface area contributed by atoms with Crippen molar-refractivity contribution in [2.45, 2.75) is 32.1 Å². The number of oxazole rings is 1. The molecule has 2 aromatic rings. The molecule has 0 bridgehead atoms. The average molecular weight is 389 g/mol. The Hall–Kier alpha value is -2.13. The van der Waals surface area contributed by atoms with Crippen LogP contribution in [0, 0.1) is 13.8 Å². The normalized spacial score (nSPS) is 17.1. The van der Waals surface area contributed by atoms with E-state index in [1.54, 1.807) is 0 Å². The molecule has 2 aliphatic heterocycles. The maximum Gasteiger partial charge on any atom is 0.256 e. The SMILES string of the molecule is Cc1nc(SCC(=O)N2CCN(c3ncc4c(n3)CCOC4)CC2)oc1C. The number of ether oxygens (including phenoxy) is 1. The van der Waals surface area contributed by atoms with Crippen molar-refractivity contribution in [2.24, 2.45) is 0 Å². The summed E-state index contributed by atoms with van der Waals surface area (Å²) in [4.78, 5) is 30.0. The molecule has 0 aromatic carbocycles. The van der Waals surface area contributed by atoms with Crippen LogP contribution >= 0.6 is 11.8 Å². The van der Waals surface area contributed by atoms with E-state index in [0.717, 1.165) is 48.2 Å². The molecule has 1 saturated heterocycles. The second kappa shape index (κ2) is 7.85. The minimum Gasteiger partial charge on any atom is -0.437 e. The van der Waals surface area contributed by atoms with Crippen LogP contribution in [0.25, 0.3) is 0 Å². The first-order valence-corrected chi connectivity index (χ1v) is 10.1. The van der Waals surface area contributed by atoms with Crippen molar-refractivity contribution >= 4 is 23.6 Å². The predicted octanol–water partition coefficient (Wildman–Crippen LogP) is 1.60. The summed E-state index contributed by atoms with van der Waals surface area (Å²) in [5.41, 5.74) is 3.03. The van der Waals surface area contributed by atoms with E-state index >= 15 is 0 Å². The van der Waals surface area contributed by atoms with E-state index in [1.165, 1.54) is 11.8 Å². The summed E-state index contributed by atoms with van der Waals surface area (Å²) in [5, 5.41) is 0.559. The van der Waals surface area contributed by atoms with Crippen molar-refractivity contribution in [3.63, 3.8) is 0 Å². The van der Waals surface area contributed by atoms with Gasteiger partial charge in [-0.3, -0.25) is 4.79 Å². The Balaban J connectivity index is 1.30. The molecule has 0 radical (unpaired) electrons. The summed E-state index contributed by atoms with van der Waals surface area (Å²) in [6.45, 7) is 7.92. The summed E-state index contributed by atoms with van der Waals surface area (Å²) >= 11 is 1.35. The van der Waals surface area contributed by atoms with E-state index in [4.69, 9.17) is 14.1 Å². The lowest BCUT2D eigenvalue weighted by atomic mass is 10.1. The predicted molar refractivity (Wildman–Crippen MR) is 101 cm³/mol. The molecule has 0 saturated carbocycles. The molecule has 0 atom stereocenters. The topological polar surface area (TPSA) is 84.6 Å². The highest BCUT2D eigenvalue weighted by molar-refractivity contribution is 7.99. The second-order valence-electron chi connectivity index (χ2n) is 6.72. The Kier molecular flexibility index (Phi) is 5.31. The number of fused-ring (bicyclic) bond motifs is 1. The van der Waals surface area contributed by atoms with Crippen molar-refractivity contribution in [3.05, 3.63) is 28.9 Å². The van der Waals surface area contributed by atoms with Gasteiger partial charge in [0.15, 0.2) is 0 Å². The van der Waals surface area contributed by atoms with Gasteiger partial charge in [0.05, 0.1) is 30.4 Å². The molecule has 0 unspecified atom stereocenters. The standard InChI is InChI=1S/C18H23N5O3S/c1-12-13(2)26-18(20-12)27-11-16(24)22-4-6-23(7-5-22)17-19-9-14-10-25-8-3-15(14)21-17/h9H,3-8,10-11H2,1-2H3. The number of thioether (sulfide) groups is 1. The summed E-state index contributed by atoms with van der Waals surface area (Å²) in [7, 11) is 0. The van der Waals surface area contributed by atoms with Crippen LogP contribution in [0.2, 0.25) is 0 Å². The monoisotopic (exact) mass is 389 g/mol. The molecule has 4 rings (SSSR count). The van der Waals surface area contributed by atoms with Gasteiger partial charge in [-0.1, -0.05) is 11.8 Å². The van der Waals surface area contributed by atoms with Crippen molar-refractivity contribution in [3.8, 4) is 0 Å². The van der Waals surface area contributed by atoms with E-state index in [1.807, 2.05) is 24.9 Å². The number of carbonyl (C=O) groups excluding carboxylic acids is 1. The lowest BCUT2D eigenvalue weighted by Gasteiger charge is -2.35. The highest BCUT2D eigenvalue weighted by Gasteiger charge is 2.24. The van der Waals surface area contributed by atoms with Gasteiger partial charge >= 0.3 is 0 Å². The van der Waals surface area contributed by atoms with E-state index < -0.39 is 0 Å². The maximum atomic E-state index is 12.5. The van der Waals surface area contributed by atoms with Crippen LogP contribution in [0.15, 0.2) is 15.8 Å². The third-order valence-corrected chi connectivity index (χ3v) is 5.74. The van der Waals surface area contributed by atoms with Crippen molar-refractivity contribution in [2.75, 3.05) is 43.4 Å². The summed E-state index contributed by atoms with van der Waals surface area (Å²) in [6, 6.07) is 0. The van der Waals surface area contributed by atoms with Crippen LogP contribution in [-0.2, 0) is 22.6 Å². The molecule has 0 aliphatic carbocycles. The zero-order chi connectivity index (χ0) is 18.8. The minimum atomic E-state index is 0.108. The first kappa shape index (κ1) is 18.2. The molecular weight excluding hydrogens is 366 g/mol. The van der Waals surface area contributed by atoms with Crippen LogP contribution in [0.4, 0.5) is 5.95 Å². The van der Waals surface area contributed by atoms with Crippen LogP contribution in [-0.4, -0.2) is 64.3 Å². The zero-order valence-electron chi connectivity index (χ0n) is 15.6. The Morgan fingerprint density at radius 2 is 2.04 bits per heavy atom. The molecule has 4 heterocycles. The quantitative estimate of drug-likeness (QED) is 0.729. The molecular formula is C18H23N5O3S. The van der Waals surface area contributed by atoms with Gasteiger partial charge in [0.2, 0.25) is 11.9 Å². The fourth-order valence-electron chi connectivity index (χ4n) is 3.15. The Bertz CT molecular complexity index is 813. The molecule has 9 heteroatoms. The Morgan fingerprint density at radius 3 is 2.78 bits per heavy atom.